The van der Waals surface area contributed by atoms with Crippen molar-refractivity contribution in [3.63, 3.8) is 0 Å². The molecule has 0 N–H and O–H groups in total. The molecule has 9 rings (SSSR count). The zero-order valence-electron chi connectivity index (χ0n) is 33.7. The molecule has 0 spiro atoms. The number of hydrogen-bond acceptors (Lipinski definition) is 3. The van der Waals surface area contributed by atoms with Crippen LogP contribution in [0, 0.1) is 6.92 Å². The third-order valence-corrected chi connectivity index (χ3v) is 12.3. The van der Waals surface area contributed by atoms with Crippen LogP contribution in [-0.4, -0.2) is 6.71 Å². The topological polar surface area (TPSA) is 19.6 Å². The molecule has 1 aromatic heterocycles. The van der Waals surface area contributed by atoms with E-state index in [9.17, 15) is 0 Å². The molecule has 0 radical (unpaired) electrons. The molecule has 0 bridgehead atoms. The number of rotatable bonds is 9. The standard InChI is InChI=1S/C51H53BN2O/c1-8-11-15-34-18-23-39(24-19-34)54-45-31-33(4)30-44-49(45)52(41-27-29-47-48(50(41)54)40-16-12-13-17-46(40)55-47)42-32-37(51(5,6)7)22-28-43(42)53(44)38-25-20-36(21-26-38)35(10-3)14-9-2/h12-13,16-32,35H,8-11,14-15H2,1-7H3. The van der Waals surface area contributed by atoms with Gasteiger partial charge in [0.15, 0.2) is 0 Å². The van der Waals surface area contributed by atoms with Crippen LogP contribution in [0.25, 0.3) is 21.9 Å². The second kappa shape index (κ2) is 13.8. The minimum absolute atomic E-state index is 0.000102. The SMILES string of the molecule is CCCCc1ccc(N2c3cc(C)cc4c3B(c3cc(C(C)(C)C)ccc3N4c3ccc(C(CC)CCC)cc3)c3ccc4oc5ccccc5c4c32)cc1. The highest BCUT2D eigenvalue weighted by Crippen LogP contribution is 2.48. The van der Waals surface area contributed by atoms with Gasteiger partial charge in [0.25, 0.3) is 6.71 Å². The molecule has 0 fully saturated rings. The summed E-state index contributed by atoms with van der Waals surface area (Å²) in [7, 11) is 0. The molecular formula is C51H53BN2O. The van der Waals surface area contributed by atoms with Crippen molar-refractivity contribution in [2.75, 3.05) is 9.80 Å². The van der Waals surface area contributed by atoms with E-state index in [2.05, 4.69) is 174 Å². The van der Waals surface area contributed by atoms with Crippen LogP contribution in [0.1, 0.15) is 102 Å². The zero-order chi connectivity index (χ0) is 38.0. The van der Waals surface area contributed by atoms with Crippen LogP contribution in [0.4, 0.5) is 34.1 Å². The lowest BCUT2D eigenvalue weighted by atomic mass is 9.33. The second-order valence-corrected chi connectivity index (χ2v) is 17.1. The van der Waals surface area contributed by atoms with Crippen LogP contribution in [0.3, 0.4) is 0 Å². The third kappa shape index (κ3) is 5.88. The molecule has 0 amide bonds. The molecule has 7 aromatic rings. The highest BCUT2D eigenvalue weighted by Gasteiger charge is 2.45. The summed E-state index contributed by atoms with van der Waals surface area (Å²) in [5, 5.41) is 2.34. The van der Waals surface area contributed by atoms with Crippen molar-refractivity contribution in [2.24, 2.45) is 0 Å². The molecule has 4 heteroatoms. The van der Waals surface area contributed by atoms with Crippen LogP contribution in [-0.2, 0) is 11.8 Å². The van der Waals surface area contributed by atoms with Gasteiger partial charge in [-0.2, -0.15) is 0 Å². The van der Waals surface area contributed by atoms with E-state index >= 15 is 0 Å². The lowest BCUT2D eigenvalue weighted by molar-refractivity contribution is 0.591. The van der Waals surface area contributed by atoms with Gasteiger partial charge in [-0.1, -0.05) is 115 Å². The molecule has 55 heavy (non-hydrogen) atoms. The van der Waals surface area contributed by atoms with Crippen LogP contribution in [0.2, 0.25) is 0 Å². The van der Waals surface area contributed by atoms with Gasteiger partial charge in [-0.3, -0.25) is 0 Å². The first-order valence-corrected chi connectivity index (χ1v) is 20.7. The van der Waals surface area contributed by atoms with E-state index in [1.165, 1.54) is 104 Å². The Morgan fingerprint density at radius 2 is 1.38 bits per heavy atom. The maximum Gasteiger partial charge on any atom is 0.252 e. The van der Waals surface area contributed by atoms with Crippen molar-refractivity contribution in [1.29, 1.82) is 0 Å². The zero-order valence-corrected chi connectivity index (χ0v) is 33.7. The number of hydrogen-bond donors (Lipinski definition) is 0. The summed E-state index contributed by atoms with van der Waals surface area (Å²) in [4.78, 5) is 5.11. The van der Waals surface area contributed by atoms with Crippen molar-refractivity contribution >= 4 is 79.2 Å². The summed E-state index contributed by atoms with van der Waals surface area (Å²) < 4.78 is 6.61. The minimum Gasteiger partial charge on any atom is -0.456 e. The molecule has 0 saturated heterocycles. The Morgan fingerprint density at radius 1 is 0.673 bits per heavy atom. The molecule has 0 saturated carbocycles. The van der Waals surface area contributed by atoms with Gasteiger partial charge in [0.1, 0.15) is 11.2 Å². The molecule has 1 atom stereocenters. The van der Waals surface area contributed by atoms with Gasteiger partial charge < -0.3 is 14.2 Å². The largest absolute Gasteiger partial charge is 0.456 e. The molecule has 0 aliphatic carbocycles. The smallest absolute Gasteiger partial charge is 0.252 e. The Labute approximate surface area is 328 Å². The maximum absolute atomic E-state index is 6.61. The first-order valence-electron chi connectivity index (χ1n) is 20.7. The number of anilines is 6. The third-order valence-electron chi connectivity index (χ3n) is 12.3. The molecule has 6 aromatic carbocycles. The van der Waals surface area contributed by atoms with E-state index in [0.717, 1.165) is 29.4 Å². The molecule has 3 nitrogen and oxygen atoms in total. The summed E-state index contributed by atoms with van der Waals surface area (Å²) in [5.74, 6) is 0.590. The number of fused-ring (bicyclic) bond motifs is 8. The van der Waals surface area contributed by atoms with Gasteiger partial charge in [-0.15, -0.1) is 0 Å². The van der Waals surface area contributed by atoms with Gasteiger partial charge in [0.05, 0.1) is 11.1 Å². The van der Waals surface area contributed by atoms with Gasteiger partial charge in [0.2, 0.25) is 0 Å². The average Bonchev–Trinajstić information content (AvgIpc) is 3.58. The van der Waals surface area contributed by atoms with Gasteiger partial charge in [-0.25, -0.2) is 0 Å². The fourth-order valence-electron chi connectivity index (χ4n) is 9.49. The second-order valence-electron chi connectivity index (χ2n) is 17.1. The lowest BCUT2D eigenvalue weighted by Gasteiger charge is -2.45. The first kappa shape index (κ1) is 35.5. The lowest BCUT2D eigenvalue weighted by Crippen LogP contribution is -2.61. The van der Waals surface area contributed by atoms with Crippen LogP contribution < -0.4 is 26.2 Å². The predicted octanol–water partition coefficient (Wildman–Crippen LogP) is 12.9. The van der Waals surface area contributed by atoms with Crippen LogP contribution in [0.5, 0.6) is 0 Å². The Bertz CT molecular complexity index is 2540. The summed E-state index contributed by atoms with van der Waals surface area (Å²) in [6, 6.07) is 44.1. The summed E-state index contributed by atoms with van der Waals surface area (Å²) >= 11 is 0. The van der Waals surface area contributed by atoms with Gasteiger partial charge in [-0.05, 0) is 137 Å². The van der Waals surface area contributed by atoms with E-state index in [4.69, 9.17) is 4.42 Å². The Morgan fingerprint density at radius 3 is 2.09 bits per heavy atom. The molecule has 1 unspecified atom stereocenters. The normalized spacial score (nSPS) is 14.0. The molecular weight excluding hydrogens is 667 g/mol. The monoisotopic (exact) mass is 720 g/mol. The summed E-state index contributed by atoms with van der Waals surface area (Å²) in [5.41, 5.74) is 18.7. The fourth-order valence-corrected chi connectivity index (χ4v) is 9.49. The number of nitrogens with zero attached hydrogens (tertiary/aromatic N) is 2. The fraction of sp³-hybridized carbons (Fsp3) is 0.294. The predicted molar refractivity (Wildman–Crippen MR) is 238 cm³/mol. The van der Waals surface area contributed by atoms with E-state index < -0.39 is 0 Å². The van der Waals surface area contributed by atoms with E-state index in [0.29, 0.717) is 5.92 Å². The molecule has 3 heterocycles. The quantitative estimate of drug-likeness (QED) is 0.138. The van der Waals surface area contributed by atoms with Crippen molar-refractivity contribution < 1.29 is 4.42 Å². The Kier molecular flexibility index (Phi) is 8.92. The van der Waals surface area contributed by atoms with Gasteiger partial charge in [0, 0.05) is 33.8 Å². The summed E-state index contributed by atoms with van der Waals surface area (Å²) in [6.45, 7) is 16.2. The van der Waals surface area contributed by atoms with E-state index in [1.54, 1.807) is 0 Å². The van der Waals surface area contributed by atoms with E-state index in [1.807, 2.05) is 0 Å². The van der Waals surface area contributed by atoms with Crippen molar-refractivity contribution in [3.8, 4) is 0 Å². The summed E-state index contributed by atoms with van der Waals surface area (Å²) in [6.07, 6.45) is 7.08. The van der Waals surface area contributed by atoms with Crippen LogP contribution in [0.15, 0.2) is 120 Å². The molecule has 2 aliphatic heterocycles. The average molecular weight is 721 g/mol. The van der Waals surface area contributed by atoms with E-state index in [-0.39, 0.29) is 12.1 Å². The Balaban J connectivity index is 1.35. The van der Waals surface area contributed by atoms with Crippen molar-refractivity contribution in [1.82, 2.24) is 0 Å². The molecule has 2 aliphatic rings. The number of aryl methyl sites for hydroxylation is 2. The number of unbranched alkanes of at least 4 members (excludes halogenated alkanes) is 1. The maximum atomic E-state index is 6.61. The first-order chi connectivity index (χ1) is 26.7. The van der Waals surface area contributed by atoms with Crippen LogP contribution >= 0.6 is 0 Å². The Hall–Kier alpha value is -5.22. The minimum atomic E-state index is 0.000102. The highest BCUT2D eigenvalue weighted by molar-refractivity contribution is 7.00. The van der Waals surface area contributed by atoms with Gasteiger partial charge >= 0.3 is 0 Å². The highest BCUT2D eigenvalue weighted by atomic mass is 16.3. The number of para-hydroxylation sites is 1. The van der Waals surface area contributed by atoms with Crippen molar-refractivity contribution in [2.45, 2.75) is 98.3 Å². The van der Waals surface area contributed by atoms with Crippen molar-refractivity contribution in [3.05, 3.63) is 138 Å². The molecule has 276 valence electrons. The number of benzene rings is 6. The number of furan rings is 1.